The molecule has 0 aliphatic carbocycles. The Morgan fingerprint density at radius 2 is 1.70 bits per heavy atom. The summed E-state index contributed by atoms with van der Waals surface area (Å²) in [6.45, 7) is 2.24. The van der Waals surface area contributed by atoms with Gasteiger partial charge in [-0.25, -0.2) is 4.79 Å². The van der Waals surface area contributed by atoms with Crippen molar-refractivity contribution in [3.05, 3.63) is 66.4 Å². The number of rotatable bonds is 10. The second-order valence-electron chi connectivity index (χ2n) is 8.63. The molecular weight excluding hydrogens is 476 g/mol. The maximum absolute atomic E-state index is 13.1. The van der Waals surface area contributed by atoms with Gasteiger partial charge in [0, 0.05) is 29.7 Å². The highest BCUT2D eigenvalue weighted by molar-refractivity contribution is 6.42. The van der Waals surface area contributed by atoms with E-state index in [-0.39, 0.29) is 18.7 Å². The van der Waals surface area contributed by atoms with E-state index >= 15 is 0 Å². The Balaban J connectivity index is 1.46. The van der Waals surface area contributed by atoms with Gasteiger partial charge in [-0.3, -0.25) is 19.2 Å². The number of nitrogens with zero attached hydrogens (tertiary/aromatic N) is 1. The molecule has 11 heteroatoms. The SMILES string of the molecule is CCC(NC(=O)c1cc2ccccc2[nH]1)C(=O)NC(CN1CCNC1=O)C(=O)C(=O)Nc1ccccc1. The van der Waals surface area contributed by atoms with E-state index in [1.54, 1.807) is 43.3 Å². The molecule has 2 unspecified atom stereocenters. The topological polar surface area (TPSA) is 152 Å². The normalized spacial score (nSPS) is 14.5. The van der Waals surface area contributed by atoms with Crippen LogP contribution in [-0.2, 0) is 14.4 Å². The van der Waals surface area contributed by atoms with Crippen LogP contribution in [-0.4, -0.2) is 71.1 Å². The molecule has 192 valence electrons. The summed E-state index contributed by atoms with van der Waals surface area (Å²) in [5.74, 6) is -2.96. The number of aromatic nitrogens is 1. The summed E-state index contributed by atoms with van der Waals surface area (Å²) in [4.78, 5) is 68.1. The van der Waals surface area contributed by atoms with E-state index in [1.165, 1.54) is 4.90 Å². The van der Waals surface area contributed by atoms with Crippen LogP contribution in [0.15, 0.2) is 60.7 Å². The van der Waals surface area contributed by atoms with Crippen LogP contribution in [0.4, 0.5) is 10.5 Å². The number of H-pyrrole nitrogens is 1. The summed E-state index contributed by atoms with van der Waals surface area (Å²) in [5, 5.41) is 11.2. The first-order valence-electron chi connectivity index (χ1n) is 12.0. The number of amides is 5. The summed E-state index contributed by atoms with van der Waals surface area (Å²) in [6.07, 6.45) is 0.235. The molecular formula is C26H28N6O5. The molecule has 3 aromatic rings. The Labute approximate surface area is 213 Å². The number of nitrogens with one attached hydrogen (secondary N) is 5. The van der Waals surface area contributed by atoms with Crippen molar-refractivity contribution in [2.75, 3.05) is 25.0 Å². The smallest absolute Gasteiger partial charge is 0.317 e. The highest BCUT2D eigenvalue weighted by Gasteiger charge is 2.33. The predicted molar refractivity (Wildman–Crippen MR) is 137 cm³/mol. The number of para-hydroxylation sites is 2. The average molecular weight is 505 g/mol. The first kappa shape index (κ1) is 25.4. The number of fused-ring (bicyclic) bond motifs is 1. The van der Waals surface area contributed by atoms with E-state index in [0.29, 0.717) is 18.8 Å². The highest BCUT2D eigenvalue weighted by Crippen LogP contribution is 2.15. The summed E-state index contributed by atoms with van der Waals surface area (Å²) < 4.78 is 0. The molecule has 0 bridgehead atoms. The number of aromatic amines is 1. The third-order valence-electron chi connectivity index (χ3n) is 6.04. The fourth-order valence-corrected chi connectivity index (χ4v) is 4.03. The maximum Gasteiger partial charge on any atom is 0.317 e. The van der Waals surface area contributed by atoms with E-state index in [0.717, 1.165) is 10.9 Å². The minimum atomic E-state index is -1.31. The van der Waals surface area contributed by atoms with Gasteiger partial charge in [0.1, 0.15) is 17.8 Å². The van der Waals surface area contributed by atoms with E-state index < -0.39 is 41.6 Å². The van der Waals surface area contributed by atoms with Crippen molar-refractivity contribution < 1.29 is 24.0 Å². The van der Waals surface area contributed by atoms with Crippen LogP contribution in [0.2, 0.25) is 0 Å². The largest absolute Gasteiger partial charge is 0.351 e. The minimum Gasteiger partial charge on any atom is -0.351 e. The van der Waals surface area contributed by atoms with Gasteiger partial charge in [-0.1, -0.05) is 43.3 Å². The predicted octanol–water partition coefficient (Wildman–Crippen LogP) is 1.39. The van der Waals surface area contributed by atoms with E-state index in [9.17, 15) is 24.0 Å². The first-order chi connectivity index (χ1) is 17.9. The van der Waals surface area contributed by atoms with Crippen molar-refractivity contribution in [1.29, 1.82) is 0 Å². The number of urea groups is 1. The third kappa shape index (κ3) is 6.13. The molecule has 5 amide bonds. The van der Waals surface area contributed by atoms with Gasteiger partial charge < -0.3 is 31.2 Å². The van der Waals surface area contributed by atoms with Crippen LogP contribution < -0.4 is 21.3 Å². The number of ketones is 1. The van der Waals surface area contributed by atoms with Crippen molar-refractivity contribution in [1.82, 2.24) is 25.8 Å². The van der Waals surface area contributed by atoms with Crippen molar-refractivity contribution in [3.8, 4) is 0 Å². The Bertz CT molecular complexity index is 1290. The number of benzene rings is 2. The van der Waals surface area contributed by atoms with E-state index in [4.69, 9.17) is 0 Å². The van der Waals surface area contributed by atoms with Crippen LogP contribution >= 0.6 is 0 Å². The van der Waals surface area contributed by atoms with Gasteiger partial charge in [0.05, 0.1) is 6.54 Å². The zero-order chi connectivity index (χ0) is 26.4. The lowest BCUT2D eigenvalue weighted by molar-refractivity contribution is -0.137. The van der Waals surface area contributed by atoms with Crippen molar-refractivity contribution >= 4 is 46.1 Å². The van der Waals surface area contributed by atoms with Gasteiger partial charge in [-0.05, 0) is 30.7 Å². The molecule has 5 N–H and O–H groups in total. The second-order valence-corrected chi connectivity index (χ2v) is 8.63. The lowest BCUT2D eigenvalue weighted by Crippen LogP contribution is -2.56. The van der Waals surface area contributed by atoms with Crippen LogP contribution in [0.3, 0.4) is 0 Å². The van der Waals surface area contributed by atoms with Gasteiger partial charge in [-0.15, -0.1) is 0 Å². The van der Waals surface area contributed by atoms with Crippen molar-refractivity contribution in [2.45, 2.75) is 25.4 Å². The molecule has 1 aromatic heterocycles. The van der Waals surface area contributed by atoms with E-state index in [1.807, 2.05) is 24.3 Å². The average Bonchev–Trinajstić information content (AvgIpc) is 3.52. The molecule has 2 aromatic carbocycles. The van der Waals surface area contributed by atoms with Crippen LogP contribution in [0, 0.1) is 0 Å². The fourth-order valence-electron chi connectivity index (χ4n) is 4.03. The van der Waals surface area contributed by atoms with Crippen LogP contribution in [0.5, 0.6) is 0 Å². The summed E-state index contributed by atoms with van der Waals surface area (Å²) >= 11 is 0. The molecule has 1 aliphatic rings. The summed E-state index contributed by atoms with van der Waals surface area (Å²) in [7, 11) is 0. The lowest BCUT2D eigenvalue weighted by atomic mass is 10.1. The Hall–Kier alpha value is -4.67. The van der Waals surface area contributed by atoms with Crippen LogP contribution in [0.25, 0.3) is 10.9 Å². The van der Waals surface area contributed by atoms with Gasteiger partial charge in [-0.2, -0.15) is 0 Å². The fraction of sp³-hybridized carbons (Fsp3) is 0.269. The lowest BCUT2D eigenvalue weighted by Gasteiger charge is -2.25. The van der Waals surface area contributed by atoms with Crippen molar-refractivity contribution in [3.63, 3.8) is 0 Å². The molecule has 0 spiro atoms. The van der Waals surface area contributed by atoms with Crippen LogP contribution in [0.1, 0.15) is 23.8 Å². The molecule has 1 aliphatic heterocycles. The molecule has 37 heavy (non-hydrogen) atoms. The number of anilines is 1. The quantitative estimate of drug-likeness (QED) is 0.264. The number of carbonyl (C=O) groups excluding carboxylic acids is 5. The van der Waals surface area contributed by atoms with Gasteiger partial charge in [0.2, 0.25) is 11.7 Å². The first-order valence-corrected chi connectivity index (χ1v) is 12.0. The number of hydrogen-bond donors (Lipinski definition) is 5. The monoisotopic (exact) mass is 504 g/mol. The molecule has 0 radical (unpaired) electrons. The summed E-state index contributed by atoms with van der Waals surface area (Å²) in [6, 6.07) is 14.8. The number of hydrogen-bond acceptors (Lipinski definition) is 5. The van der Waals surface area contributed by atoms with Gasteiger partial charge >= 0.3 is 6.03 Å². The molecule has 1 saturated heterocycles. The van der Waals surface area contributed by atoms with Crippen molar-refractivity contribution in [2.24, 2.45) is 0 Å². The molecule has 2 heterocycles. The van der Waals surface area contributed by atoms with Gasteiger partial charge in [0.25, 0.3) is 11.8 Å². The second kappa shape index (κ2) is 11.4. The van der Waals surface area contributed by atoms with Gasteiger partial charge in [0.15, 0.2) is 0 Å². The number of carbonyl (C=O) groups is 5. The summed E-state index contributed by atoms with van der Waals surface area (Å²) in [5.41, 5.74) is 1.49. The molecule has 0 saturated carbocycles. The molecule has 2 atom stereocenters. The Morgan fingerprint density at radius 1 is 0.973 bits per heavy atom. The molecule has 11 nitrogen and oxygen atoms in total. The highest BCUT2D eigenvalue weighted by atomic mass is 16.2. The molecule has 1 fully saturated rings. The van der Waals surface area contributed by atoms with E-state index in [2.05, 4.69) is 26.3 Å². The zero-order valence-corrected chi connectivity index (χ0v) is 20.2. The number of Topliss-reactive ketones (excluding diaryl/α,β-unsaturated/α-hetero) is 1. The minimum absolute atomic E-state index is 0.189. The zero-order valence-electron chi connectivity index (χ0n) is 20.2. The molecule has 4 rings (SSSR count). The standard InChI is InChI=1S/C26H28N6O5/c1-2-18(30-24(35)20-14-16-8-6-7-11-19(16)29-20)23(34)31-21(15-32-13-12-27-26(32)37)22(33)25(36)28-17-9-4-3-5-10-17/h3-11,14,18,21,29H,2,12-13,15H2,1H3,(H,27,37)(H,28,36)(H,30,35)(H,31,34). The Kier molecular flexibility index (Phi) is 7.82. The maximum atomic E-state index is 13.1. The third-order valence-corrected chi connectivity index (χ3v) is 6.04. The Morgan fingerprint density at radius 3 is 2.38 bits per heavy atom.